The zero-order valence-corrected chi connectivity index (χ0v) is 17.5. The first kappa shape index (κ1) is 21.8. The van der Waals surface area contributed by atoms with E-state index in [0.29, 0.717) is 22.2 Å². The molecule has 2 aromatic rings. The zero-order valence-electron chi connectivity index (χ0n) is 15.9. The van der Waals surface area contributed by atoms with Crippen molar-refractivity contribution in [3.8, 4) is 11.5 Å². The molecule has 1 amide bonds. The number of nitrogens with one attached hydrogen (secondary N) is 1. The third kappa shape index (κ3) is 6.03. The standard InChI is InChI=1S/C19H23ClN2O5S/c1-14(19(23)21-12-13-27-18-8-4-15(20)5-9-18)22(28(3,24)25)16-6-10-17(26-2)11-7-16/h4-11,14H,12-13H2,1-3H3,(H,21,23). The lowest BCUT2D eigenvalue weighted by molar-refractivity contribution is -0.121. The molecule has 1 atom stereocenters. The molecule has 0 aliphatic carbocycles. The minimum Gasteiger partial charge on any atom is -0.497 e. The zero-order chi connectivity index (χ0) is 20.7. The molecule has 2 aromatic carbocycles. The van der Waals surface area contributed by atoms with Gasteiger partial charge < -0.3 is 14.8 Å². The third-order valence-electron chi connectivity index (χ3n) is 3.90. The number of benzene rings is 2. The molecule has 28 heavy (non-hydrogen) atoms. The Bertz CT molecular complexity index is 886. The molecule has 9 heteroatoms. The predicted molar refractivity (Wildman–Crippen MR) is 110 cm³/mol. The van der Waals surface area contributed by atoms with Gasteiger partial charge in [-0.1, -0.05) is 11.6 Å². The maximum absolute atomic E-state index is 12.5. The summed E-state index contributed by atoms with van der Waals surface area (Å²) in [6, 6.07) is 12.4. The number of ether oxygens (including phenoxy) is 2. The van der Waals surface area contributed by atoms with Crippen molar-refractivity contribution in [2.75, 3.05) is 30.8 Å². The Morgan fingerprint density at radius 2 is 1.68 bits per heavy atom. The molecule has 0 saturated heterocycles. The van der Waals surface area contributed by atoms with Crippen LogP contribution in [0.4, 0.5) is 5.69 Å². The van der Waals surface area contributed by atoms with E-state index in [1.807, 2.05) is 0 Å². The first-order valence-electron chi connectivity index (χ1n) is 8.52. The van der Waals surface area contributed by atoms with Crippen LogP contribution in [0.25, 0.3) is 0 Å². The van der Waals surface area contributed by atoms with Crippen LogP contribution in [0.15, 0.2) is 48.5 Å². The number of nitrogens with zero attached hydrogens (tertiary/aromatic N) is 1. The van der Waals surface area contributed by atoms with Crippen LogP contribution in [0, 0.1) is 0 Å². The van der Waals surface area contributed by atoms with Crippen molar-refractivity contribution < 1.29 is 22.7 Å². The van der Waals surface area contributed by atoms with Crippen LogP contribution < -0.4 is 19.1 Å². The van der Waals surface area contributed by atoms with E-state index in [1.165, 1.54) is 14.0 Å². The molecule has 0 aliphatic heterocycles. The highest BCUT2D eigenvalue weighted by molar-refractivity contribution is 7.92. The molecule has 152 valence electrons. The lowest BCUT2D eigenvalue weighted by Gasteiger charge is -2.28. The van der Waals surface area contributed by atoms with Gasteiger partial charge in [-0.05, 0) is 55.5 Å². The first-order valence-corrected chi connectivity index (χ1v) is 10.7. The summed E-state index contributed by atoms with van der Waals surface area (Å²) in [5.41, 5.74) is 0.378. The second-order valence-electron chi connectivity index (χ2n) is 6.03. The fraction of sp³-hybridized carbons (Fsp3) is 0.316. The summed E-state index contributed by atoms with van der Waals surface area (Å²) in [6.45, 7) is 1.99. The topological polar surface area (TPSA) is 84.9 Å². The van der Waals surface area contributed by atoms with E-state index in [-0.39, 0.29) is 13.2 Å². The smallest absolute Gasteiger partial charge is 0.243 e. The minimum atomic E-state index is -3.67. The summed E-state index contributed by atoms with van der Waals surface area (Å²) in [4.78, 5) is 12.5. The number of rotatable bonds is 9. The quantitative estimate of drug-likeness (QED) is 0.623. The Balaban J connectivity index is 1.97. The fourth-order valence-electron chi connectivity index (χ4n) is 2.56. The molecule has 0 aromatic heterocycles. The van der Waals surface area contributed by atoms with Crippen molar-refractivity contribution in [2.24, 2.45) is 0 Å². The minimum absolute atomic E-state index is 0.228. The van der Waals surface area contributed by atoms with Crippen molar-refractivity contribution in [1.82, 2.24) is 5.32 Å². The number of sulfonamides is 1. The van der Waals surface area contributed by atoms with Gasteiger partial charge in [0.05, 0.1) is 25.6 Å². The molecule has 0 spiro atoms. The third-order valence-corrected chi connectivity index (χ3v) is 5.39. The number of carbonyl (C=O) groups is 1. The van der Waals surface area contributed by atoms with E-state index in [9.17, 15) is 13.2 Å². The summed E-state index contributed by atoms with van der Waals surface area (Å²) in [7, 11) is -2.15. The second-order valence-corrected chi connectivity index (χ2v) is 8.32. The van der Waals surface area contributed by atoms with Crippen LogP contribution in [-0.4, -0.2) is 46.9 Å². The molecule has 0 radical (unpaired) electrons. The highest BCUT2D eigenvalue weighted by atomic mass is 35.5. The number of hydrogen-bond acceptors (Lipinski definition) is 5. The number of anilines is 1. The van der Waals surface area contributed by atoms with E-state index < -0.39 is 22.0 Å². The Labute approximate surface area is 170 Å². The largest absolute Gasteiger partial charge is 0.497 e. The highest BCUT2D eigenvalue weighted by Gasteiger charge is 2.28. The normalized spacial score (nSPS) is 12.1. The van der Waals surface area contributed by atoms with Crippen LogP contribution in [0.1, 0.15) is 6.92 Å². The van der Waals surface area contributed by atoms with Gasteiger partial charge in [-0.25, -0.2) is 8.42 Å². The number of amides is 1. The van der Waals surface area contributed by atoms with Crippen molar-refractivity contribution in [2.45, 2.75) is 13.0 Å². The van der Waals surface area contributed by atoms with Crippen molar-refractivity contribution >= 4 is 33.2 Å². The monoisotopic (exact) mass is 426 g/mol. The van der Waals surface area contributed by atoms with Crippen LogP contribution in [0.5, 0.6) is 11.5 Å². The van der Waals surface area contributed by atoms with Gasteiger partial charge >= 0.3 is 0 Å². The lowest BCUT2D eigenvalue weighted by Crippen LogP contribution is -2.48. The molecule has 0 fully saturated rings. The summed E-state index contributed by atoms with van der Waals surface area (Å²) < 4.78 is 36.2. The molecule has 2 rings (SSSR count). The molecular weight excluding hydrogens is 404 g/mol. The summed E-state index contributed by atoms with van der Waals surface area (Å²) in [5, 5.41) is 3.29. The van der Waals surface area contributed by atoms with Crippen molar-refractivity contribution in [1.29, 1.82) is 0 Å². The van der Waals surface area contributed by atoms with Gasteiger partial charge in [0.15, 0.2) is 0 Å². The average Bonchev–Trinajstić information content (AvgIpc) is 2.66. The molecule has 7 nitrogen and oxygen atoms in total. The van der Waals surface area contributed by atoms with E-state index in [0.717, 1.165) is 10.6 Å². The average molecular weight is 427 g/mol. The van der Waals surface area contributed by atoms with E-state index in [2.05, 4.69) is 5.32 Å². The number of hydrogen-bond donors (Lipinski definition) is 1. The van der Waals surface area contributed by atoms with Gasteiger partial charge in [0.25, 0.3) is 0 Å². The molecule has 0 saturated carbocycles. The number of carbonyl (C=O) groups excluding carboxylic acids is 1. The SMILES string of the molecule is COc1ccc(N(C(C)C(=O)NCCOc2ccc(Cl)cc2)S(C)(=O)=O)cc1. The van der Waals surface area contributed by atoms with Gasteiger partial charge in [-0.15, -0.1) is 0 Å². The molecule has 0 heterocycles. The van der Waals surface area contributed by atoms with Crippen LogP contribution >= 0.6 is 11.6 Å². The second kappa shape index (κ2) is 9.66. The fourth-order valence-corrected chi connectivity index (χ4v) is 3.86. The Morgan fingerprint density at radius 1 is 1.11 bits per heavy atom. The Morgan fingerprint density at radius 3 is 2.21 bits per heavy atom. The van der Waals surface area contributed by atoms with Crippen LogP contribution in [0.3, 0.4) is 0 Å². The van der Waals surface area contributed by atoms with Gasteiger partial charge in [0, 0.05) is 5.02 Å². The molecule has 1 unspecified atom stereocenters. The summed E-state index contributed by atoms with van der Waals surface area (Å²) in [6.07, 6.45) is 1.06. The highest BCUT2D eigenvalue weighted by Crippen LogP contribution is 2.23. The van der Waals surface area contributed by atoms with E-state index in [4.69, 9.17) is 21.1 Å². The molecule has 0 bridgehead atoms. The first-order chi connectivity index (χ1) is 13.2. The van der Waals surface area contributed by atoms with Gasteiger partial charge in [0.1, 0.15) is 24.1 Å². The number of halogens is 1. The molecule has 1 N–H and O–H groups in total. The van der Waals surface area contributed by atoms with E-state index >= 15 is 0 Å². The predicted octanol–water partition coefficient (Wildman–Crippen LogP) is 2.70. The van der Waals surface area contributed by atoms with Gasteiger partial charge in [-0.2, -0.15) is 0 Å². The van der Waals surface area contributed by atoms with Gasteiger partial charge in [0.2, 0.25) is 15.9 Å². The van der Waals surface area contributed by atoms with Crippen molar-refractivity contribution in [3.05, 3.63) is 53.6 Å². The Kier molecular flexibility index (Phi) is 7.53. The summed E-state index contributed by atoms with van der Waals surface area (Å²) in [5.74, 6) is 0.789. The van der Waals surface area contributed by atoms with Crippen molar-refractivity contribution in [3.63, 3.8) is 0 Å². The maximum atomic E-state index is 12.5. The summed E-state index contributed by atoms with van der Waals surface area (Å²) >= 11 is 5.81. The lowest BCUT2D eigenvalue weighted by atomic mass is 10.2. The van der Waals surface area contributed by atoms with Crippen LogP contribution in [0.2, 0.25) is 5.02 Å². The van der Waals surface area contributed by atoms with E-state index in [1.54, 1.807) is 48.5 Å². The van der Waals surface area contributed by atoms with Crippen LogP contribution in [-0.2, 0) is 14.8 Å². The Hall–Kier alpha value is -2.45. The number of methoxy groups -OCH3 is 1. The molecule has 0 aliphatic rings. The molecular formula is C19H23ClN2O5S. The maximum Gasteiger partial charge on any atom is 0.243 e. The van der Waals surface area contributed by atoms with Gasteiger partial charge in [-0.3, -0.25) is 9.10 Å².